The van der Waals surface area contributed by atoms with E-state index in [0.717, 1.165) is 17.6 Å². The van der Waals surface area contributed by atoms with Gasteiger partial charge >= 0.3 is 5.97 Å². The predicted octanol–water partition coefficient (Wildman–Crippen LogP) is 1.96. The Hall–Kier alpha value is -1.60. The summed E-state index contributed by atoms with van der Waals surface area (Å²) < 4.78 is 7.65. The molecule has 0 spiro atoms. The highest BCUT2D eigenvalue weighted by Crippen LogP contribution is 2.33. The van der Waals surface area contributed by atoms with Crippen LogP contribution in [-0.4, -0.2) is 44.1 Å². The average molecular weight is 293 g/mol. The summed E-state index contributed by atoms with van der Waals surface area (Å²) in [7, 11) is 0. The third kappa shape index (κ3) is 2.38. The second kappa shape index (κ2) is 5.41. The number of carboxylic acids is 1. The second-order valence-electron chi connectivity index (χ2n) is 4.72. The highest BCUT2D eigenvalue weighted by Gasteiger charge is 2.30. The SMILES string of the molecule is CC1OCCC1n1c(SCC(=O)O)nc2cccnc21. The smallest absolute Gasteiger partial charge is 0.313 e. The predicted molar refractivity (Wildman–Crippen MR) is 75.0 cm³/mol. The van der Waals surface area contributed by atoms with Crippen LogP contribution in [0.3, 0.4) is 0 Å². The van der Waals surface area contributed by atoms with E-state index in [2.05, 4.69) is 9.97 Å². The first kappa shape index (κ1) is 13.4. The van der Waals surface area contributed by atoms with Gasteiger partial charge < -0.3 is 9.84 Å². The molecule has 3 heterocycles. The molecular formula is C13H15N3O3S. The van der Waals surface area contributed by atoms with E-state index in [4.69, 9.17) is 9.84 Å². The Kier molecular flexibility index (Phi) is 3.62. The van der Waals surface area contributed by atoms with Gasteiger partial charge in [-0.15, -0.1) is 0 Å². The van der Waals surface area contributed by atoms with E-state index < -0.39 is 5.97 Å². The summed E-state index contributed by atoms with van der Waals surface area (Å²) in [5.41, 5.74) is 1.59. The molecule has 2 aromatic rings. The van der Waals surface area contributed by atoms with Gasteiger partial charge in [0.15, 0.2) is 10.8 Å². The highest BCUT2D eigenvalue weighted by atomic mass is 32.2. The third-order valence-corrected chi connectivity index (χ3v) is 4.35. The molecule has 1 aliphatic heterocycles. The van der Waals surface area contributed by atoms with Crippen molar-refractivity contribution in [3.63, 3.8) is 0 Å². The normalized spacial score (nSPS) is 22.4. The van der Waals surface area contributed by atoms with Crippen molar-refractivity contribution in [1.82, 2.24) is 14.5 Å². The third-order valence-electron chi connectivity index (χ3n) is 3.41. The van der Waals surface area contributed by atoms with Crippen LogP contribution >= 0.6 is 11.8 Å². The number of aromatic nitrogens is 3. The van der Waals surface area contributed by atoms with E-state index in [1.807, 2.05) is 23.6 Å². The lowest BCUT2D eigenvalue weighted by molar-refractivity contribution is -0.133. The van der Waals surface area contributed by atoms with Gasteiger partial charge in [0.1, 0.15) is 5.52 Å². The molecule has 0 bridgehead atoms. The lowest BCUT2D eigenvalue weighted by Crippen LogP contribution is -2.18. The molecule has 1 N–H and O–H groups in total. The van der Waals surface area contributed by atoms with E-state index >= 15 is 0 Å². The molecule has 20 heavy (non-hydrogen) atoms. The van der Waals surface area contributed by atoms with Crippen LogP contribution in [0.5, 0.6) is 0 Å². The minimum absolute atomic E-state index is 0.00865. The zero-order chi connectivity index (χ0) is 14.1. The molecule has 7 heteroatoms. The first-order chi connectivity index (χ1) is 9.66. The van der Waals surface area contributed by atoms with Crippen LogP contribution in [0.25, 0.3) is 11.2 Å². The summed E-state index contributed by atoms with van der Waals surface area (Å²) in [5, 5.41) is 9.56. The van der Waals surface area contributed by atoms with Gasteiger partial charge in [0.25, 0.3) is 0 Å². The quantitative estimate of drug-likeness (QED) is 0.868. The summed E-state index contributed by atoms with van der Waals surface area (Å²) in [4.78, 5) is 19.7. The molecule has 0 saturated carbocycles. The van der Waals surface area contributed by atoms with Gasteiger partial charge in [-0.3, -0.25) is 9.36 Å². The first-order valence-electron chi connectivity index (χ1n) is 6.46. The van der Waals surface area contributed by atoms with Gasteiger partial charge in [-0.1, -0.05) is 11.8 Å². The lowest BCUT2D eigenvalue weighted by atomic mass is 10.1. The van der Waals surface area contributed by atoms with Gasteiger partial charge in [-0.05, 0) is 25.5 Å². The van der Waals surface area contributed by atoms with Crippen LogP contribution < -0.4 is 0 Å². The fourth-order valence-corrected chi connectivity index (χ4v) is 3.27. The fraction of sp³-hybridized carbons (Fsp3) is 0.462. The average Bonchev–Trinajstić information content (AvgIpc) is 2.99. The standard InChI is InChI=1S/C13H15N3O3S/c1-8-10(4-6-19-8)16-12-9(3-2-5-14-12)15-13(16)20-7-11(17)18/h2-3,5,8,10H,4,6-7H2,1H3,(H,17,18). The largest absolute Gasteiger partial charge is 0.481 e. The Bertz CT molecular complexity index is 643. The summed E-state index contributed by atoms with van der Waals surface area (Å²) in [6.45, 7) is 2.74. The Labute approximate surface area is 120 Å². The molecule has 1 aliphatic rings. The zero-order valence-corrected chi connectivity index (χ0v) is 11.8. The molecule has 0 amide bonds. The van der Waals surface area contributed by atoms with Crippen molar-refractivity contribution in [1.29, 1.82) is 0 Å². The van der Waals surface area contributed by atoms with Crippen molar-refractivity contribution in [2.24, 2.45) is 0 Å². The van der Waals surface area contributed by atoms with Crippen molar-refractivity contribution in [2.45, 2.75) is 30.6 Å². The van der Waals surface area contributed by atoms with Crippen molar-refractivity contribution in [3.8, 4) is 0 Å². The number of thioether (sulfide) groups is 1. The zero-order valence-electron chi connectivity index (χ0n) is 11.0. The van der Waals surface area contributed by atoms with Gasteiger partial charge in [0.05, 0.1) is 17.9 Å². The van der Waals surface area contributed by atoms with Crippen LogP contribution in [0.2, 0.25) is 0 Å². The minimum atomic E-state index is -0.850. The maximum atomic E-state index is 10.8. The topological polar surface area (TPSA) is 77.2 Å². The summed E-state index contributed by atoms with van der Waals surface area (Å²) in [6, 6.07) is 3.88. The summed E-state index contributed by atoms with van der Waals surface area (Å²) >= 11 is 1.23. The highest BCUT2D eigenvalue weighted by molar-refractivity contribution is 7.99. The van der Waals surface area contributed by atoms with E-state index in [-0.39, 0.29) is 17.9 Å². The second-order valence-corrected chi connectivity index (χ2v) is 5.67. The molecule has 0 radical (unpaired) electrons. The molecule has 2 unspecified atom stereocenters. The number of pyridine rings is 1. The van der Waals surface area contributed by atoms with Gasteiger partial charge in [0, 0.05) is 12.8 Å². The number of ether oxygens (including phenoxy) is 1. The maximum absolute atomic E-state index is 10.8. The number of nitrogens with zero attached hydrogens (tertiary/aromatic N) is 3. The monoisotopic (exact) mass is 293 g/mol. The molecule has 0 aliphatic carbocycles. The molecular weight excluding hydrogens is 278 g/mol. The number of carboxylic acid groups (broad SMARTS) is 1. The van der Waals surface area contributed by atoms with Crippen LogP contribution in [0.15, 0.2) is 23.5 Å². The number of rotatable bonds is 4. The molecule has 106 valence electrons. The number of hydrogen-bond donors (Lipinski definition) is 1. The molecule has 1 fully saturated rings. The molecule has 6 nitrogen and oxygen atoms in total. The van der Waals surface area contributed by atoms with E-state index in [1.54, 1.807) is 6.20 Å². The van der Waals surface area contributed by atoms with E-state index in [0.29, 0.717) is 11.8 Å². The molecule has 0 aromatic carbocycles. The number of aliphatic carboxylic acids is 1. The van der Waals surface area contributed by atoms with Crippen molar-refractivity contribution < 1.29 is 14.6 Å². The molecule has 2 atom stereocenters. The van der Waals surface area contributed by atoms with Gasteiger partial charge in [-0.2, -0.15) is 0 Å². The van der Waals surface area contributed by atoms with Crippen molar-refractivity contribution >= 4 is 28.9 Å². The molecule has 1 saturated heterocycles. The summed E-state index contributed by atoms with van der Waals surface area (Å²) in [5.74, 6) is -0.858. The minimum Gasteiger partial charge on any atom is -0.481 e. The van der Waals surface area contributed by atoms with Gasteiger partial charge in [-0.25, -0.2) is 9.97 Å². The number of carbonyl (C=O) groups is 1. The van der Waals surface area contributed by atoms with Crippen LogP contribution in [0.1, 0.15) is 19.4 Å². The maximum Gasteiger partial charge on any atom is 0.313 e. The molecule has 2 aromatic heterocycles. The van der Waals surface area contributed by atoms with Crippen LogP contribution in [0.4, 0.5) is 0 Å². The van der Waals surface area contributed by atoms with Crippen molar-refractivity contribution in [2.75, 3.05) is 12.4 Å². The first-order valence-corrected chi connectivity index (χ1v) is 7.44. The Morgan fingerprint density at radius 3 is 3.20 bits per heavy atom. The van der Waals surface area contributed by atoms with E-state index in [1.165, 1.54) is 11.8 Å². The Morgan fingerprint density at radius 1 is 1.65 bits per heavy atom. The Balaban J connectivity index is 2.05. The number of imidazole rings is 1. The number of hydrogen-bond acceptors (Lipinski definition) is 5. The van der Waals surface area contributed by atoms with E-state index in [9.17, 15) is 4.79 Å². The van der Waals surface area contributed by atoms with Crippen molar-refractivity contribution in [3.05, 3.63) is 18.3 Å². The van der Waals surface area contributed by atoms with Crippen LogP contribution in [0, 0.1) is 0 Å². The van der Waals surface area contributed by atoms with Crippen LogP contribution in [-0.2, 0) is 9.53 Å². The lowest BCUT2D eigenvalue weighted by Gasteiger charge is -2.18. The number of fused-ring (bicyclic) bond motifs is 1. The Morgan fingerprint density at radius 2 is 2.50 bits per heavy atom. The van der Waals surface area contributed by atoms with Gasteiger partial charge in [0.2, 0.25) is 0 Å². The molecule has 3 rings (SSSR count). The fourth-order valence-electron chi connectivity index (χ4n) is 2.50. The summed E-state index contributed by atoms with van der Waals surface area (Å²) in [6.07, 6.45) is 2.70.